The Balaban J connectivity index is 2.31. The normalized spacial score (nSPS) is 12.2. The zero-order valence-electron chi connectivity index (χ0n) is 13.2. The molecule has 3 heteroatoms. The fourth-order valence-electron chi connectivity index (χ4n) is 2.37. The first-order valence-electron chi connectivity index (χ1n) is 7.48. The summed E-state index contributed by atoms with van der Waals surface area (Å²) in [7, 11) is -3.57. The molecule has 0 aliphatic carbocycles. The van der Waals surface area contributed by atoms with Crippen LogP contribution in [-0.4, -0.2) is 18.2 Å². The maximum absolute atomic E-state index is 10.6. The van der Waals surface area contributed by atoms with Gasteiger partial charge in [-0.05, 0) is 33.3 Å². The summed E-state index contributed by atoms with van der Waals surface area (Å²) in [6.45, 7) is 8.51. The minimum atomic E-state index is -3.57. The summed E-state index contributed by atoms with van der Waals surface area (Å²) in [5.41, 5.74) is 2.41. The molecule has 0 bridgehead atoms. The Morgan fingerprint density at radius 1 is 0.619 bits per heavy atom. The lowest BCUT2D eigenvalue weighted by molar-refractivity contribution is 0.401. The predicted molar refractivity (Wildman–Crippen MR) is 90.5 cm³/mol. The average molecular weight is 300 g/mol. The van der Waals surface area contributed by atoms with Crippen molar-refractivity contribution in [3.05, 3.63) is 59.7 Å². The van der Waals surface area contributed by atoms with E-state index < -0.39 is 8.56 Å². The molecule has 21 heavy (non-hydrogen) atoms. The third-order valence-electron chi connectivity index (χ3n) is 3.96. The molecule has 0 saturated carbocycles. The van der Waals surface area contributed by atoms with Crippen LogP contribution in [0.25, 0.3) is 0 Å². The van der Waals surface area contributed by atoms with Crippen molar-refractivity contribution < 1.29 is 9.59 Å². The SMILES string of the molecule is CC(C)c1ccc([Si](O)(O)c2ccc(C(C)C)cc2)cc1. The van der Waals surface area contributed by atoms with Crippen LogP contribution < -0.4 is 10.4 Å². The number of hydrogen-bond acceptors (Lipinski definition) is 2. The Morgan fingerprint density at radius 2 is 0.905 bits per heavy atom. The highest BCUT2D eigenvalue weighted by atomic mass is 28.4. The van der Waals surface area contributed by atoms with Gasteiger partial charge in [0.1, 0.15) is 0 Å². The topological polar surface area (TPSA) is 40.5 Å². The third kappa shape index (κ3) is 3.43. The summed E-state index contributed by atoms with van der Waals surface area (Å²) in [6, 6.07) is 15.3. The average Bonchev–Trinajstić information content (AvgIpc) is 2.47. The minimum absolute atomic E-state index is 0.442. The molecule has 0 saturated heterocycles. The standard InChI is InChI=1S/C18H24O2Si/c1-13(2)15-5-9-17(10-6-15)21(19,20)18-11-7-16(8-12-18)14(3)4/h5-14,19-20H,1-4H3. The Bertz CT molecular complexity index is 530. The quantitative estimate of drug-likeness (QED) is 0.852. The van der Waals surface area contributed by atoms with E-state index in [9.17, 15) is 9.59 Å². The van der Waals surface area contributed by atoms with Gasteiger partial charge in [0, 0.05) is 0 Å². The Morgan fingerprint density at radius 3 is 1.14 bits per heavy atom. The lowest BCUT2D eigenvalue weighted by Gasteiger charge is -2.20. The van der Waals surface area contributed by atoms with E-state index in [0.717, 1.165) is 0 Å². The molecule has 0 aliphatic rings. The maximum atomic E-state index is 10.6. The van der Waals surface area contributed by atoms with E-state index in [1.807, 2.05) is 48.5 Å². The van der Waals surface area contributed by atoms with Crippen LogP contribution in [0.1, 0.15) is 50.7 Å². The Kier molecular flexibility index (Phi) is 4.66. The van der Waals surface area contributed by atoms with Gasteiger partial charge in [0.2, 0.25) is 0 Å². The first-order chi connectivity index (χ1) is 9.82. The second-order valence-corrected chi connectivity index (χ2v) is 8.72. The van der Waals surface area contributed by atoms with Crippen LogP contribution in [0.2, 0.25) is 0 Å². The number of rotatable bonds is 4. The van der Waals surface area contributed by atoms with Gasteiger partial charge in [0.25, 0.3) is 0 Å². The van der Waals surface area contributed by atoms with Gasteiger partial charge in [0.15, 0.2) is 0 Å². The minimum Gasteiger partial charge on any atom is -0.404 e. The van der Waals surface area contributed by atoms with Crippen LogP contribution in [0.3, 0.4) is 0 Å². The number of hydrogen-bond donors (Lipinski definition) is 2. The largest absolute Gasteiger partial charge is 0.404 e. The van der Waals surface area contributed by atoms with Gasteiger partial charge in [-0.15, -0.1) is 0 Å². The summed E-state index contributed by atoms with van der Waals surface area (Å²) in [5.74, 6) is 0.885. The molecule has 0 heterocycles. The first kappa shape index (κ1) is 16.0. The molecule has 0 unspecified atom stereocenters. The molecule has 2 aromatic rings. The van der Waals surface area contributed by atoms with Crippen molar-refractivity contribution in [3.8, 4) is 0 Å². The van der Waals surface area contributed by atoms with E-state index in [1.165, 1.54) is 11.1 Å². The van der Waals surface area contributed by atoms with Gasteiger partial charge in [-0.25, -0.2) is 0 Å². The molecule has 0 amide bonds. The fourth-order valence-corrected chi connectivity index (χ4v) is 3.96. The van der Waals surface area contributed by atoms with Crippen LogP contribution in [-0.2, 0) is 0 Å². The Labute approximate surface area is 128 Å². The van der Waals surface area contributed by atoms with E-state index in [2.05, 4.69) is 27.7 Å². The monoisotopic (exact) mass is 300 g/mol. The van der Waals surface area contributed by atoms with Crippen molar-refractivity contribution in [3.63, 3.8) is 0 Å². The molecule has 2 nitrogen and oxygen atoms in total. The smallest absolute Gasteiger partial charge is 0.401 e. The van der Waals surface area contributed by atoms with Gasteiger partial charge >= 0.3 is 8.56 Å². The lowest BCUT2D eigenvalue weighted by Crippen LogP contribution is -2.59. The molecule has 0 radical (unpaired) electrons. The van der Waals surface area contributed by atoms with Gasteiger partial charge in [-0.2, -0.15) is 0 Å². The molecule has 2 aromatic carbocycles. The molecule has 0 spiro atoms. The van der Waals surface area contributed by atoms with E-state index in [4.69, 9.17) is 0 Å². The highest BCUT2D eigenvalue weighted by molar-refractivity contribution is 6.90. The molecule has 0 atom stereocenters. The van der Waals surface area contributed by atoms with Gasteiger partial charge in [-0.3, -0.25) is 0 Å². The second-order valence-electron chi connectivity index (χ2n) is 6.23. The summed E-state index contributed by atoms with van der Waals surface area (Å²) >= 11 is 0. The summed E-state index contributed by atoms with van der Waals surface area (Å²) < 4.78 is 0. The van der Waals surface area contributed by atoms with Gasteiger partial charge < -0.3 is 9.59 Å². The molecule has 0 aromatic heterocycles. The molecule has 0 aliphatic heterocycles. The molecular weight excluding hydrogens is 276 g/mol. The first-order valence-corrected chi connectivity index (χ1v) is 9.37. The molecule has 2 rings (SSSR count). The van der Waals surface area contributed by atoms with Crippen LogP contribution >= 0.6 is 0 Å². The molecule has 112 valence electrons. The van der Waals surface area contributed by atoms with E-state index >= 15 is 0 Å². The third-order valence-corrected chi connectivity index (χ3v) is 6.24. The molecule has 2 N–H and O–H groups in total. The van der Waals surface area contributed by atoms with Crippen molar-refractivity contribution in [2.45, 2.75) is 39.5 Å². The van der Waals surface area contributed by atoms with Crippen LogP contribution in [0.15, 0.2) is 48.5 Å². The summed E-state index contributed by atoms with van der Waals surface area (Å²) in [5, 5.41) is 1.26. The summed E-state index contributed by atoms with van der Waals surface area (Å²) in [4.78, 5) is 21.2. The van der Waals surface area contributed by atoms with Gasteiger partial charge in [-0.1, -0.05) is 76.2 Å². The van der Waals surface area contributed by atoms with Crippen molar-refractivity contribution >= 4 is 18.9 Å². The van der Waals surface area contributed by atoms with E-state index in [0.29, 0.717) is 22.2 Å². The highest BCUT2D eigenvalue weighted by Gasteiger charge is 2.34. The zero-order valence-corrected chi connectivity index (χ0v) is 14.2. The van der Waals surface area contributed by atoms with Crippen molar-refractivity contribution in [1.82, 2.24) is 0 Å². The zero-order chi connectivity index (χ0) is 15.6. The second kappa shape index (κ2) is 6.14. The van der Waals surface area contributed by atoms with Crippen molar-refractivity contribution in [1.29, 1.82) is 0 Å². The van der Waals surface area contributed by atoms with E-state index in [-0.39, 0.29) is 0 Å². The van der Waals surface area contributed by atoms with Gasteiger partial charge in [0.05, 0.1) is 0 Å². The number of benzene rings is 2. The summed E-state index contributed by atoms with van der Waals surface area (Å²) in [6.07, 6.45) is 0. The Hall–Kier alpha value is -1.42. The molecule has 0 fully saturated rings. The van der Waals surface area contributed by atoms with Crippen LogP contribution in [0, 0.1) is 0 Å². The van der Waals surface area contributed by atoms with Crippen LogP contribution in [0.4, 0.5) is 0 Å². The maximum Gasteiger partial charge on any atom is 0.401 e. The van der Waals surface area contributed by atoms with E-state index in [1.54, 1.807) is 0 Å². The van der Waals surface area contributed by atoms with Crippen molar-refractivity contribution in [2.24, 2.45) is 0 Å². The molecular formula is C18H24O2Si. The fraction of sp³-hybridized carbons (Fsp3) is 0.333. The predicted octanol–water partition coefficient (Wildman–Crippen LogP) is 2.47. The van der Waals surface area contributed by atoms with Crippen molar-refractivity contribution in [2.75, 3.05) is 0 Å². The van der Waals surface area contributed by atoms with Crippen LogP contribution in [0.5, 0.6) is 0 Å². The highest BCUT2D eigenvalue weighted by Crippen LogP contribution is 2.14. The lowest BCUT2D eigenvalue weighted by atomic mass is 10.0.